The van der Waals surface area contributed by atoms with Crippen LogP contribution in [0.2, 0.25) is 0 Å². The van der Waals surface area contributed by atoms with Crippen LogP contribution in [0.4, 0.5) is 0 Å². The molecular formula is C17H33N5O. The zero-order valence-corrected chi connectivity index (χ0v) is 15.0. The highest BCUT2D eigenvalue weighted by Gasteiger charge is 2.44. The molecule has 2 heterocycles. The summed E-state index contributed by atoms with van der Waals surface area (Å²) in [5.74, 6) is 0.221. The lowest BCUT2D eigenvalue weighted by Gasteiger charge is -2.41. The van der Waals surface area contributed by atoms with Gasteiger partial charge < -0.3 is 10.2 Å². The molecule has 3 fully saturated rings. The van der Waals surface area contributed by atoms with E-state index in [9.17, 15) is 4.79 Å². The van der Waals surface area contributed by atoms with Crippen LogP contribution in [0.15, 0.2) is 0 Å². The molecule has 0 aromatic carbocycles. The van der Waals surface area contributed by atoms with Gasteiger partial charge in [0.15, 0.2) is 0 Å². The Bertz CT molecular complexity index is 421. The molecule has 6 heteroatoms. The van der Waals surface area contributed by atoms with Crippen LogP contribution in [0, 0.1) is 5.92 Å². The third-order valence-corrected chi connectivity index (χ3v) is 5.91. The van der Waals surface area contributed by atoms with Crippen molar-refractivity contribution in [3.8, 4) is 0 Å². The van der Waals surface area contributed by atoms with Crippen LogP contribution in [0.3, 0.4) is 0 Å². The second-order valence-electron chi connectivity index (χ2n) is 7.95. The molecule has 0 spiro atoms. The van der Waals surface area contributed by atoms with Crippen molar-refractivity contribution in [1.82, 2.24) is 26.0 Å². The molecule has 3 aliphatic rings. The second-order valence-corrected chi connectivity index (χ2v) is 7.95. The van der Waals surface area contributed by atoms with Gasteiger partial charge in [0, 0.05) is 30.7 Å². The van der Waals surface area contributed by atoms with Crippen molar-refractivity contribution in [3.05, 3.63) is 0 Å². The number of hydrogen-bond acceptors (Lipinski definition) is 5. The molecular weight excluding hydrogens is 290 g/mol. The standard InChI is InChI=1S/C17H33N5O/c1-11-9-12(2)22-16(19-11)15(10-18-22)17(23)20-13-5-7-14(8-6-13)21(3)4/h11-16,18-19H,5-10H2,1-4H3,(H,20,23). The third-order valence-electron chi connectivity index (χ3n) is 5.91. The predicted octanol–water partition coefficient (Wildman–Crippen LogP) is 0.508. The SMILES string of the molecule is CC1CC(C)N2NCC(C(=O)NC3CCC(N(C)C)CC3)C2N1. The average Bonchev–Trinajstić information content (AvgIpc) is 2.91. The number of carbonyl (C=O) groups is 1. The van der Waals surface area contributed by atoms with E-state index in [-0.39, 0.29) is 18.0 Å². The van der Waals surface area contributed by atoms with Crippen LogP contribution < -0.4 is 16.1 Å². The van der Waals surface area contributed by atoms with Crippen LogP contribution in [0.25, 0.3) is 0 Å². The highest BCUT2D eigenvalue weighted by molar-refractivity contribution is 5.80. The van der Waals surface area contributed by atoms with Gasteiger partial charge in [0.1, 0.15) is 0 Å². The molecule has 4 atom stereocenters. The van der Waals surface area contributed by atoms with E-state index in [1.165, 1.54) is 12.8 Å². The molecule has 1 aliphatic carbocycles. The first kappa shape index (κ1) is 17.1. The molecule has 0 aromatic rings. The summed E-state index contributed by atoms with van der Waals surface area (Å²) >= 11 is 0. The fourth-order valence-corrected chi connectivity index (χ4v) is 4.50. The summed E-state index contributed by atoms with van der Waals surface area (Å²) in [6.07, 6.45) is 5.82. The number of nitrogens with zero attached hydrogens (tertiary/aromatic N) is 2. The topological polar surface area (TPSA) is 59.6 Å². The Morgan fingerprint density at radius 2 is 1.87 bits per heavy atom. The monoisotopic (exact) mass is 323 g/mol. The van der Waals surface area contributed by atoms with Crippen LogP contribution in [0.5, 0.6) is 0 Å². The van der Waals surface area contributed by atoms with E-state index in [4.69, 9.17) is 0 Å². The van der Waals surface area contributed by atoms with E-state index >= 15 is 0 Å². The number of rotatable bonds is 3. The van der Waals surface area contributed by atoms with Crippen LogP contribution in [-0.4, -0.2) is 66.8 Å². The summed E-state index contributed by atoms with van der Waals surface area (Å²) in [6, 6.07) is 1.97. The smallest absolute Gasteiger partial charge is 0.227 e. The summed E-state index contributed by atoms with van der Waals surface area (Å²) < 4.78 is 0. The molecule has 4 unspecified atom stereocenters. The summed E-state index contributed by atoms with van der Waals surface area (Å²) in [7, 11) is 4.30. The van der Waals surface area contributed by atoms with Gasteiger partial charge in [-0.3, -0.25) is 15.5 Å². The summed E-state index contributed by atoms with van der Waals surface area (Å²) in [6.45, 7) is 5.19. The van der Waals surface area contributed by atoms with Crippen molar-refractivity contribution < 1.29 is 4.79 Å². The molecule has 132 valence electrons. The van der Waals surface area contributed by atoms with Crippen LogP contribution in [0.1, 0.15) is 46.0 Å². The van der Waals surface area contributed by atoms with Gasteiger partial charge in [0.05, 0.1) is 12.1 Å². The first-order valence-electron chi connectivity index (χ1n) is 9.20. The number of hydrogen-bond donors (Lipinski definition) is 3. The van der Waals surface area contributed by atoms with Gasteiger partial charge in [-0.1, -0.05) is 0 Å². The third kappa shape index (κ3) is 3.71. The van der Waals surface area contributed by atoms with Crippen molar-refractivity contribution in [2.45, 2.75) is 76.3 Å². The molecule has 0 bridgehead atoms. The van der Waals surface area contributed by atoms with E-state index < -0.39 is 0 Å². The summed E-state index contributed by atoms with van der Waals surface area (Å²) in [4.78, 5) is 15.1. The summed E-state index contributed by atoms with van der Waals surface area (Å²) in [5, 5.41) is 9.16. The molecule has 3 N–H and O–H groups in total. The Hall–Kier alpha value is -0.690. The maximum atomic E-state index is 12.8. The Morgan fingerprint density at radius 1 is 1.17 bits per heavy atom. The maximum Gasteiger partial charge on any atom is 0.227 e. The Kier molecular flexibility index (Phi) is 5.26. The van der Waals surface area contributed by atoms with Crippen LogP contribution in [-0.2, 0) is 4.79 Å². The Morgan fingerprint density at radius 3 is 2.52 bits per heavy atom. The van der Waals surface area contributed by atoms with Gasteiger partial charge in [-0.15, -0.1) is 0 Å². The van der Waals surface area contributed by atoms with Crippen molar-refractivity contribution in [3.63, 3.8) is 0 Å². The Labute approximate surface area is 140 Å². The predicted molar refractivity (Wildman–Crippen MR) is 91.7 cm³/mol. The molecule has 6 nitrogen and oxygen atoms in total. The minimum Gasteiger partial charge on any atom is -0.353 e. The average molecular weight is 323 g/mol. The number of amides is 1. The van der Waals surface area contributed by atoms with Crippen molar-refractivity contribution >= 4 is 5.91 Å². The lowest BCUT2D eigenvalue weighted by molar-refractivity contribution is -0.127. The lowest BCUT2D eigenvalue weighted by atomic mass is 9.90. The molecule has 1 saturated carbocycles. The van der Waals surface area contributed by atoms with E-state index in [2.05, 4.69) is 53.9 Å². The quantitative estimate of drug-likeness (QED) is 0.706. The zero-order chi connectivity index (χ0) is 16.6. The maximum absolute atomic E-state index is 12.8. The summed E-state index contributed by atoms with van der Waals surface area (Å²) in [5.41, 5.74) is 3.42. The van der Waals surface area contributed by atoms with E-state index in [0.29, 0.717) is 24.2 Å². The Balaban J connectivity index is 1.53. The molecule has 3 rings (SSSR count). The van der Waals surface area contributed by atoms with Gasteiger partial charge in [-0.2, -0.15) is 0 Å². The van der Waals surface area contributed by atoms with Gasteiger partial charge in [0.2, 0.25) is 5.91 Å². The fourth-order valence-electron chi connectivity index (χ4n) is 4.50. The minimum absolute atomic E-state index is 0.00627. The van der Waals surface area contributed by atoms with E-state index in [1.807, 2.05) is 0 Å². The van der Waals surface area contributed by atoms with Crippen molar-refractivity contribution in [2.75, 3.05) is 20.6 Å². The molecule has 23 heavy (non-hydrogen) atoms. The highest BCUT2D eigenvalue weighted by Crippen LogP contribution is 2.26. The lowest BCUT2D eigenvalue weighted by Crippen LogP contribution is -2.61. The van der Waals surface area contributed by atoms with Gasteiger partial charge in [0.25, 0.3) is 0 Å². The molecule has 0 aromatic heterocycles. The largest absolute Gasteiger partial charge is 0.353 e. The molecule has 2 saturated heterocycles. The van der Waals surface area contributed by atoms with E-state index in [1.54, 1.807) is 0 Å². The van der Waals surface area contributed by atoms with Crippen molar-refractivity contribution in [2.24, 2.45) is 5.92 Å². The van der Waals surface area contributed by atoms with Crippen molar-refractivity contribution in [1.29, 1.82) is 0 Å². The number of nitrogens with one attached hydrogen (secondary N) is 3. The van der Waals surface area contributed by atoms with Gasteiger partial charge in [-0.05, 0) is 60.0 Å². The second kappa shape index (κ2) is 7.05. The van der Waals surface area contributed by atoms with Gasteiger partial charge >= 0.3 is 0 Å². The molecule has 1 amide bonds. The normalized spacial score (nSPS) is 41.8. The highest BCUT2D eigenvalue weighted by atomic mass is 16.2. The zero-order valence-electron chi connectivity index (χ0n) is 15.0. The molecule has 2 aliphatic heterocycles. The fraction of sp³-hybridized carbons (Fsp3) is 0.941. The first-order valence-corrected chi connectivity index (χ1v) is 9.20. The molecule has 0 radical (unpaired) electrons. The number of fused-ring (bicyclic) bond motifs is 1. The number of carbonyl (C=O) groups excluding carboxylic acids is 1. The van der Waals surface area contributed by atoms with E-state index in [0.717, 1.165) is 25.8 Å². The van der Waals surface area contributed by atoms with Crippen LogP contribution >= 0.6 is 0 Å². The number of hydrazine groups is 1. The first-order chi connectivity index (χ1) is 11.0. The van der Waals surface area contributed by atoms with Gasteiger partial charge in [-0.25, -0.2) is 5.01 Å². The minimum atomic E-state index is 0.00627.